The normalized spacial score (nSPS) is 10.8. The first-order valence-electron chi connectivity index (χ1n) is 5.45. The summed E-state index contributed by atoms with van der Waals surface area (Å²) < 4.78 is 1.92. The molecule has 0 aromatic carbocycles. The molecule has 0 saturated heterocycles. The Morgan fingerprint density at radius 3 is 2.57 bits per heavy atom. The van der Waals surface area contributed by atoms with E-state index in [2.05, 4.69) is 18.9 Å². The molecule has 3 heteroatoms. The second-order valence-corrected chi connectivity index (χ2v) is 3.71. The molecule has 0 bridgehead atoms. The van der Waals surface area contributed by atoms with Gasteiger partial charge in [0.05, 0.1) is 0 Å². The van der Waals surface area contributed by atoms with Crippen molar-refractivity contribution in [2.45, 2.75) is 53.0 Å². The molecule has 1 aromatic heterocycles. The molecule has 0 radical (unpaired) electrons. The molecule has 0 fully saturated rings. The summed E-state index contributed by atoms with van der Waals surface area (Å²) in [4.78, 5) is 0. The van der Waals surface area contributed by atoms with Crippen LogP contribution in [0.5, 0.6) is 5.88 Å². The van der Waals surface area contributed by atoms with Gasteiger partial charge in [0.15, 0.2) is 0 Å². The van der Waals surface area contributed by atoms with Gasteiger partial charge < -0.3 is 5.11 Å². The van der Waals surface area contributed by atoms with Gasteiger partial charge in [0.25, 0.3) is 0 Å². The van der Waals surface area contributed by atoms with Crippen molar-refractivity contribution in [1.29, 1.82) is 0 Å². The van der Waals surface area contributed by atoms with Crippen LogP contribution in [0.2, 0.25) is 0 Å². The maximum absolute atomic E-state index is 9.61. The fraction of sp³-hybridized carbons (Fsp3) is 0.727. The van der Waals surface area contributed by atoms with Crippen LogP contribution in [0.25, 0.3) is 0 Å². The standard InChI is InChI=1S/C11H20N2O/c1-4-6-8-13-9(3)10(7-5-2)11(14)12-13/h4-8H2,1-3H3,(H,12,14). The van der Waals surface area contributed by atoms with Crippen molar-refractivity contribution < 1.29 is 5.11 Å². The Morgan fingerprint density at radius 1 is 1.29 bits per heavy atom. The molecule has 1 N–H and O–H groups in total. The number of unbranched alkanes of at least 4 members (excludes halogenated alkanes) is 1. The molecule has 0 saturated carbocycles. The van der Waals surface area contributed by atoms with Crippen molar-refractivity contribution in [1.82, 2.24) is 9.78 Å². The lowest BCUT2D eigenvalue weighted by Crippen LogP contribution is -2.02. The molecule has 14 heavy (non-hydrogen) atoms. The third kappa shape index (κ3) is 2.28. The van der Waals surface area contributed by atoms with Gasteiger partial charge in [-0.3, -0.25) is 4.68 Å². The van der Waals surface area contributed by atoms with Crippen LogP contribution in [0.1, 0.15) is 44.4 Å². The molecular formula is C11H20N2O. The SMILES string of the molecule is CCCCn1nc(O)c(CCC)c1C. The molecule has 0 unspecified atom stereocenters. The lowest BCUT2D eigenvalue weighted by atomic mass is 10.1. The Kier molecular flexibility index (Phi) is 3.98. The van der Waals surface area contributed by atoms with E-state index in [-0.39, 0.29) is 5.88 Å². The highest BCUT2D eigenvalue weighted by molar-refractivity contribution is 5.29. The van der Waals surface area contributed by atoms with E-state index in [1.54, 1.807) is 0 Å². The number of nitrogens with zero attached hydrogens (tertiary/aromatic N) is 2. The second kappa shape index (κ2) is 5.03. The van der Waals surface area contributed by atoms with Crippen LogP contribution in [0.15, 0.2) is 0 Å². The minimum absolute atomic E-state index is 0.223. The van der Waals surface area contributed by atoms with Gasteiger partial charge in [0.2, 0.25) is 5.88 Å². The zero-order valence-electron chi connectivity index (χ0n) is 9.38. The Hall–Kier alpha value is -0.990. The van der Waals surface area contributed by atoms with E-state index in [4.69, 9.17) is 0 Å². The van der Waals surface area contributed by atoms with Gasteiger partial charge in [-0.25, -0.2) is 0 Å². The maximum atomic E-state index is 9.61. The van der Waals surface area contributed by atoms with E-state index in [0.717, 1.165) is 43.5 Å². The zero-order valence-corrected chi connectivity index (χ0v) is 9.38. The Labute approximate surface area is 85.8 Å². The summed E-state index contributed by atoms with van der Waals surface area (Å²) >= 11 is 0. The zero-order chi connectivity index (χ0) is 10.6. The first-order chi connectivity index (χ1) is 6.70. The molecule has 0 aliphatic rings. The summed E-state index contributed by atoms with van der Waals surface area (Å²) in [5, 5.41) is 13.7. The van der Waals surface area contributed by atoms with Gasteiger partial charge in [-0.15, -0.1) is 5.10 Å². The maximum Gasteiger partial charge on any atom is 0.233 e. The highest BCUT2D eigenvalue weighted by atomic mass is 16.3. The monoisotopic (exact) mass is 196 g/mol. The molecule has 0 atom stereocenters. The largest absolute Gasteiger partial charge is 0.492 e. The van der Waals surface area contributed by atoms with Gasteiger partial charge in [0, 0.05) is 17.8 Å². The quantitative estimate of drug-likeness (QED) is 0.786. The first kappa shape index (κ1) is 11.1. The molecule has 0 amide bonds. The molecule has 0 spiro atoms. The number of aromatic hydroxyl groups is 1. The Bertz CT molecular complexity index is 292. The van der Waals surface area contributed by atoms with Crippen LogP contribution in [0.4, 0.5) is 0 Å². The van der Waals surface area contributed by atoms with Crippen LogP contribution >= 0.6 is 0 Å². The van der Waals surface area contributed by atoms with Gasteiger partial charge in [-0.2, -0.15) is 0 Å². The first-order valence-corrected chi connectivity index (χ1v) is 5.45. The fourth-order valence-electron chi connectivity index (χ4n) is 1.64. The van der Waals surface area contributed by atoms with Gasteiger partial charge in [0.1, 0.15) is 0 Å². The Morgan fingerprint density at radius 2 is 2.00 bits per heavy atom. The van der Waals surface area contributed by atoms with Gasteiger partial charge >= 0.3 is 0 Å². The average Bonchev–Trinajstić information content (AvgIpc) is 2.43. The highest BCUT2D eigenvalue weighted by Crippen LogP contribution is 2.21. The van der Waals surface area contributed by atoms with Gasteiger partial charge in [-0.05, 0) is 19.8 Å². The van der Waals surface area contributed by atoms with Crippen LogP contribution in [0, 0.1) is 6.92 Å². The summed E-state index contributed by atoms with van der Waals surface area (Å²) in [5.74, 6) is 0.223. The van der Waals surface area contributed by atoms with Crippen LogP contribution in [0.3, 0.4) is 0 Å². The summed E-state index contributed by atoms with van der Waals surface area (Å²) in [6, 6.07) is 0. The second-order valence-electron chi connectivity index (χ2n) is 3.71. The highest BCUT2D eigenvalue weighted by Gasteiger charge is 2.11. The molecule has 80 valence electrons. The summed E-state index contributed by atoms with van der Waals surface area (Å²) in [6.07, 6.45) is 4.24. The molecule has 0 aliphatic heterocycles. The van der Waals surface area contributed by atoms with Crippen molar-refractivity contribution in [2.24, 2.45) is 0 Å². The molecule has 1 rings (SSSR count). The molecule has 1 aromatic rings. The van der Waals surface area contributed by atoms with Crippen molar-refractivity contribution in [2.75, 3.05) is 0 Å². The van der Waals surface area contributed by atoms with Crippen LogP contribution in [-0.4, -0.2) is 14.9 Å². The molecular weight excluding hydrogens is 176 g/mol. The van der Waals surface area contributed by atoms with E-state index in [9.17, 15) is 5.11 Å². The number of aromatic nitrogens is 2. The third-order valence-corrected chi connectivity index (χ3v) is 2.53. The minimum atomic E-state index is 0.223. The summed E-state index contributed by atoms with van der Waals surface area (Å²) in [6.45, 7) is 7.22. The average molecular weight is 196 g/mol. The molecule has 3 nitrogen and oxygen atoms in total. The van der Waals surface area contributed by atoms with E-state index < -0.39 is 0 Å². The number of rotatable bonds is 5. The van der Waals surface area contributed by atoms with Crippen molar-refractivity contribution in [3.8, 4) is 5.88 Å². The van der Waals surface area contributed by atoms with E-state index in [0.29, 0.717) is 0 Å². The number of hydrogen-bond acceptors (Lipinski definition) is 2. The summed E-state index contributed by atoms with van der Waals surface area (Å²) in [5.41, 5.74) is 2.14. The number of hydrogen-bond donors (Lipinski definition) is 1. The fourth-order valence-corrected chi connectivity index (χ4v) is 1.64. The predicted octanol–water partition coefficient (Wildman–Crippen LogP) is 2.65. The minimum Gasteiger partial charge on any atom is -0.492 e. The lowest BCUT2D eigenvalue weighted by Gasteiger charge is -2.02. The predicted molar refractivity (Wildman–Crippen MR) is 57.5 cm³/mol. The van der Waals surface area contributed by atoms with Crippen molar-refractivity contribution >= 4 is 0 Å². The van der Waals surface area contributed by atoms with E-state index in [1.165, 1.54) is 0 Å². The van der Waals surface area contributed by atoms with Crippen LogP contribution in [-0.2, 0) is 13.0 Å². The Balaban J connectivity index is 2.81. The lowest BCUT2D eigenvalue weighted by molar-refractivity contribution is 0.429. The van der Waals surface area contributed by atoms with Crippen molar-refractivity contribution in [3.05, 3.63) is 11.3 Å². The smallest absolute Gasteiger partial charge is 0.233 e. The van der Waals surface area contributed by atoms with E-state index in [1.807, 2.05) is 11.6 Å². The van der Waals surface area contributed by atoms with E-state index >= 15 is 0 Å². The summed E-state index contributed by atoms with van der Waals surface area (Å²) in [7, 11) is 0. The van der Waals surface area contributed by atoms with Crippen LogP contribution < -0.4 is 0 Å². The third-order valence-electron chi connectivity index (χ3n) is 2.53. The molecule has 1 heterocycles. The van der Waals surface area contributed by atoms with Crippen molar-refractivity contribution in [3.63, 3.8) is 0 Å². The topological polar surface area (TPSA) is 38.0 Å². The van der Waals surface area contributed by atoms with Gasteiger partial charge in [-0.1, -0.05) is 26.7 Å². The molecule has 0 aliphatic carbocycles. The number of aryl methyl sites for hydroxylation is 1.